The normalized spacial score (nSPS) is 10.6. The highest BCUT2D eigenvalue weighted by Crippen LogP contribution is 2.04. The lowest BCUT2D eigenvalue weighted by Crippen LogP contribution is -2.03. The number of ether oxygens (including phenoxy) is 1. The van der Waals surface area contributed by atoms with E-state index in [1.807, 2.05) is 0 Å². The average molecular weight is 190 g/mol. The molecule has 0 atom stereocenters. The summed E-state index contributed by atoms with van der Waals surface area (Å²) in [6.45, 7) is 3.77. The molecule has 0 aliphatic heterocycles. The summed E-state index contributed by atoms with van der Waals surface area (Å²) in [5.41, 5.74) is 0. The average Bonchev–Trinajstić information content (AvgIpc) is 2.16. The van der Waals surface area contributed by atoms with Crippen molar-refractivity contribution in [1.82, 2.24) is 0 Å². The van der Waals surface area contributed by atoms with Crippen molar-refractivity contribution < 1.29 is 14.9 Å². The first-order valence-corrected chi connectivity index (χ1v) is 5.26. The Kier molecular flexibility index (Phi) is 11.8. The summed E-state index contributed by atoms with van der Waals surface area (Å²) in [5, 5.41) is 7.99. The zero-order valence-corrected chi connectivity index (χ0v) is 8.63. The molecule has 0 heterocycles. The second-order valence-electron chi connectivity index (χ2n) is 3.21. The van der Waals surface area contributed by atoms with E-state index in [0.717, 1.165) is 13.0 Å². The number of hydrogen-bond donors (Lipinski definition) is 1. The van der Waals surface area contributed by atoms with Crippen molar-refractivity contribution in [3.8, 4) is 0 Å². The molecule has 0 saturated heterocycles. The predicted molar refractivity (Wildman–Crippen MR) is 52.8 cm³/mol. The molecule has 0 radical (unpaired) electrons. The standard InChI is InChI=1S/C10H22O3/c1-2-3-4-5-6-7-8-12-9-10-13-11/h11H,2-10H2,1H3. The van der Waals surface area contributed by atoms with Crippen LogP contribution in [0.4, 0.5) is 0 Å². The highest BCUT2D eigenvalue weighted by atomic mass is 17.1. The first-order valence-electron chi connectivity index (χ1n) is 5.26. The van der Waals surface area contributed by atoms with E-state index in [-0.39, 0.29) is 6.61 Å². The van der Waals surface area contributed by atoms with Crippen LogP contribution < -0.4 is 0 Å². The van der Waals surface area contributed by atoms with Crippen LogP contribution >= 0.6 is 0 Å². The second-order valence-corrected chi connectivity index (χ2v) is 3.21. The summed E-state index contributed by atoms with van der Waals surface area (Å²) in [7, 11) is 0. The van der Waals surface area contributed by atoms with Crippen molar-refractivity contribution in [2.24, 2.45) is 0 Å². The van der Waals surface area contributed by atoms with Gasteiger partial charge in [-0.2, -0.15) is 0 Å². The Balaban J connectivity index is 2.76. The first-order chi connectivity index (χ1) is 6.41. The minimum atomic E-state index is 0.274. The monoisotopic (exact) mass is 190 g/mol. The molecule has 0 aromatic rings. The van der Waals surface area contributed by atoms with Crippen LogP contribution in [0.1, 0.15) is 45.4 Å². The Hall–Kier alpha value is -0.120. The van der Waals surface area contributed by atoms with Gasteiger partial charge in [0.1, 0.15) is 6.61 Å². The van der Waals surface area contributed by atoms with Crippen LogP contribution in [0.25, 0.3) is 0 Å². The summed E-state index contributed by atoms with van der Waals surface area (Å²) in [4.78, 5) is 3.88. The fraction of sp³-hybridized carbons (Fsp3) is 1.00. The molecule has 3 nitrogen and oxygen atoms in total. The van der Waals surface area contributed by atoms with Gasteiger partial charge >= 0.3 is 0 Å². The van der Waals surface area contributed by atoms with E-state index >= 15 is 0 Å². The van der Waals surface area contributed by atoms with Gasteiger partial charge in [-0.3, -0.25) is 5.26 Å². The van der Waals surface area contributed by atoms with Gasteiger partial charge in [0.25, 0.3) is 0 Å². The molecule has 1 N–H and O–H groups in total. The minimum absolute atomic E-state index is 0.274. The van der Waals surface area contributed by atoms with Gasteiger partial charge < -0.3 is 4.74 Å². The van der Waals surface area contributed by atoms with E-state index < -0.39 is 0 Å². The van der Waals surface area contributed by atoms with Gasteiger partial charge in [-0.15, -0.1) is 0 Å². The molecule has 0 unspecified atom stereocenters. The summed E-state index contributed by atoms with van der Waals surface area (Å²) in [5.74, 6) is 0. The molecule has 13 heavy (non-hydrogen) atoms. The second kappa shape index (κ2) is 11.9. The molecule has 0 aliphatic carbocycles. The van der Waals surface area contributed by atoms with Crippen LogP contribution in [0.5, 0.6) is 0 Å². The van der Waals surface area contributed by atoms with Gasteiger partial charge in [-0.1, -0.05) is 39.0 Å². The van der Waals surface area contributed by atoms with Crippen molar-refractivity contribution in [3.05, 3.63) is 0 Å². The highest BCUT2D eigenvalue weighted by molar-refractivity contribution is 4.43. The molecular formula is C10H22O3. The van der Waals surface area contributed by atoms with Crippen LogP contribution in [0.15, 0.2) is 0 Å². The molecule has 0 aliphatic rings. The lowest BCUT2D eigenvalue weighted by atomic mass is 10.1. The molecule has 0 aromatic heterocycles. The van der Waals surface area contributed by atoms with Gasteiger partial charge in [0.05, 0.1) is 6.61 Å². The lowest BCUT2D eigenvalue weighted by Gasteiger charge is -2.02. The maximum atomic E-state index is 7.99. The van der Waals surface area contributed by atoms with Crippen molar-refractivity contribution in [2.75, 3.05) is 19.8 Å². The first kappa shape index (κ1) is 12.9. The summed E-state index contributed by atoms with van der Waals surface area (Å²) in [6.07, 6.45) is 7.67. The Morgan fingerprint density at radius 1 is 0.846 bits per heavy atom. The van der Waals surface area contributed by atoms with E-state index in [1.54, 1.807) is 0 Å². The zero-order valence-electron chi connectivity index (χ0n) is 8.63. The molecule has 0 rings (SSSR count). The van der Waals surface area contributed by atoms with Gasteiger partial charge in [-0.05, 0) is 6.42 Å². The zero-order chi connectivity index (χ0) is 9.78. The highest BCUT2D eigenvalue weighted by Gasteiger charge is 1.90. The van der Waals surface area contributed by atoms with Crippen molar-refractivity contribution >= 4 is 0 Å². The van der Waals surface area contributed by atoms with E-state index in [2.05, 4.69) is 11.8 Å². The third kappa shape index (κ3) is 11.9. The predicted octanol–water partition coefficient (Wildman–Crippen LogP) is 2.85. The molecular weight excluding hydrogens is 168 g/mol. The van der Waals surface area contributed by atoms with E-state index in [4.69, 9.17) is 9.99 Å². The summed E-state index contributed by atoms with van der Waals surface area (Å²) in [6, 6.07) is 0. The van der Waals surface area contributed by atoms with Crippen molar-refractivity contribution in [2.45, 2.75) is 45.4 Å². The summed E-state index contributed by atoms with van der Waals surface area (Å²) < 4.78 is 5.20. The minimum Gasteiger partial charge on any atom is -0.379 e. The Bertz CT molecular complexity index is 76.2. The van der Waals surface area contributed by atoms with Gasteiger partial charge in [0.2, 0.25) is 0 Å². The van der Waals surface area contributed by atoms with Crippen LogP contribution in [-0.4, -0.2) is 25.1 Å². The maximum Gasteiger partial charge on any atom is 0.105 e. The Morgan fingerprint density at radius 3 is 2.23 bits per heavy atom. The van der Waals surface area contributed by atoms with Crippen LogP contribution in [-0.2, 0) is 9.62 Å². The summed E-state index contributed by atoms with van der Waals surface area (Å²) >= 11 is 0. The maximum absolute atomic E-state index is 7.99. The van der Waals surface area contributed by atoms with E-state index in [9.17, 15) is 0 Å². The van der Waals surface area contributed by atoms with Crippen LogP contribution in [0.2, 0.25) is 0 Å². The molecule has 80 valence electrons. The number of rotatable bonds is 10. The molecule has 0 fully saturated rings. The molecule has 3 heteroatoms. The molecule has 0 amide bonds. The van der Waals surface area contributed by atoms with Gasteiger partial charge in [0, 0.05) is 6.61 Å². The van der Waals surface area contributed by atoms with Gasteiger partial charge in [0.15, 0.2) is 0 Å². The smallest absolute Gasteiger partial charge is 0.105 e. The third-order valence-corrected chi connectivity index (χ3v) is 1.96. The fourth-order valence-corrected chi connectivity index (χ4v) is 1.18. The fourth-order valence-electron chi connectivity index (χ4n) is 1.18. The van der Waals surface area contributed by atoms with Crippen molar-refractivity contribution in [3.63, 3.8) is 0 Å². The lowest BCUT2D eigenvalue weighted by molar-refractivity contribution is -0.249. The SMILES string of the molecule is CCCCCCCCOCCOO. The topological polar surface area (TPSA) is 38.7 Å². The van der Waals surface area contributed by atoms with E-state index in [1.165, 1.54) is 32.1 Å². The third-order valence-electron chi connectivity index (χ3n) is 1.96. The Labute approximate surface area is 81.0 Å². The molecule has 0 bridgehead atoms. The van der Waals surface area contributed by atoms with Crippen molar-refractivity contribution in [1.29, 1.82) is 0 Å². The van der Waals surface area contributed by atoms with Crippen LogP contribution in [0.3, 0.4) is 0 Å². The number of unbranched alkanes of at least 4 members (excludes halogenated alkanes) is 5. The molecule has 0 aromatic carbocycles. The van der Waals surface area contributed by atoms with Crippen LogP contribution in [0, 0.1) is 0 Å². The quantitative estimate of drug-likeness (QED) is 0.327. The van der Waals surface area contributed by atoms with E-state index in [0.29, 0.717) is 6.61 Å². The molecule has 0 saturated carbocycles. The number of hydrogen-bond acceptors (Lipinski definition) is 3. The van der Waals surface area contributed by atoms with Gasteiger partial charge in [-0.25, -0.2) is 4.89 Å². The molecule has 0 spiro atoms. The largest absolute Gasteiger partial charge is 0.379 e. The Morgan fingerprint density at radius 2 is 1.54 bits per heavy atom.